The van der Waals surface area contributed by atoms with E-state index in [0.717, 1.165) is 25.7 Å². The normalized spacial score (nSPS) is 28.7. The van der Waals surface area contributed by atoms with Crippen molar-refractivity contribution < 1.29 is 14.7 Å². The molecule has 0 aromatic heterocycles. The molecule has 1 fully saturated rings. The molecule has 0 radical (unpaired) electrons. The number of hydrogen-bond donors (Lipinski definition) is 3. The molecular formula is C15H28N2O3. The summed E-state index contributed by atoms with van der Waals surface area (Å²) in [6.07, 6.45) is 3.96. The van der Waals surface area contributed by atoms with Crippen LogP contribution >= 0.6 is 0 Å². The van der Waals surface area contributed by atoms with Gasteiger partial charge >= 0.3 is 12.0 Å². The van der Waals surface area contributed by atoms with Crippen molar-refractivity contribution >= 4 is 12.0 Å². The van der Waals surface area contributed by atoms with Gasteiger partial charge in [-0.15, -0.1) is 0 Å². The quantitative estimate of drug-likeness (QED) is 0.701. The molecule has 116 valence electrons. The number of nitrogens with one attached hydrogen (secondary N) is 2. The molecule has 1 rings (SSSR count). The Kier molecular flexibility index (Phi) is 6.30. The summed E-state index contributed by atoms with van der Waals surface area (Å²) in [6.45, 7) is 8.10. The summed E-state index contributed by atoms with van der Waals surface area (Å²) in [5.74, 6) is 0.0609. The fraction of sp³-hybridized carbons (Fsp3) is 0.867. The highest BCUT2D eigenvalue weighted by Gasteiger charge is 2.33. The van der Waals surface area contributed by atoms with Crippen molar-refractivity contribution in [1.29, 1.82) is 0 Å². The van der Waals surface area contributed by atoms with Gasteiger partial charge in [-0.05, 0) is 30.6 Å². The van der Waals surface area contributed by atoms with Crippen molar-refractivity contribution in [1.82, 2.24) is 10.6 Å². The van der Waals surface area contributed by atoms with Gasteiger partial charge in [0, 0.05) is 6.04 Å². The van der Waals surface area contributed by atoms with E-state index < -0.39 is 12.0 Å². The maximum Gasteiger partial charge on any atom is 0.326 e. The first-order valence-electron chi connectivity index (χ1n) is 7.70. The van der Waals surface area contributed by atoms with Crippen molar-refractivity contribution in [3.63, 3.8) is 0 Å². The fourth-order valence-electron chi connectivity index (χ4n) is 3.06. The van der Waals surface area contributed by atoms with Gasteiger partial charge in [0.1, 0.15) is 6.04 Å². The van der Waals surface area contributed by atoms with Crippen LogP contribution in [0.4, 0.5) is 4.79 Å². The number of carbonyl (C=O) groups excluding carboxylic acids is 1. The molecule has 0 bridgehead atoms. The second kappa shape index (κ2) is 7.50. The van der Waals surface area contributed by atoms with Crippen LogP contribution in [0.1, 0.15) is 53.4 Å². The molecule has 2 amide bonds. The summed E-state index contributed by atoms with van der Waals surface area (Å²) >= 11 is 0. The van der Waals surface area contributed by atoms with Crippen LogP contribution in [0.15, 0.2) is 0 Å². The Hall–Kier alpha value is -1.26. The monoisotopic (exact) mass is 284 g/mol. The lowest BCUT2D eigenvalue weighted by molar-refractivity contribution is -0.140. The molecule has 5 nitrogen and oxygen atoms in total. The molecule has 5 atom stereocenters. The predicted molar refractivity (Wildman–Crippen MR) is 78.5 cm³/mol. The molecule has 5 heteroatoms. The zero-order chi connectivity index (χ0) is 15.3. The Morgan fingerprint density at radius 1 is 1.30 bits per heavy atom. The smallest absolute Gasteiger partial charge is 0.326 e. The number of carboxylic acid groups (broad SMARTS) is 1. The van der Waals surface area contributed by atoms with E-state index in [-0.39, 0.29) is 18.0 Å². The van der Waals surface area contributed by atoms with Crippen LogP contribution in [0.3, 0.4) is 0 Å². The minimum absolute atomic E-state index is 0.0809. The van der Waals surface area contributed by atoms with Gasteiger partial charge in [0.25, 0.3) is 0 Å². The van der Waals surface area contributed by atoms with Crippen LogP contribution in [-0.4, -0.2) is 29.2 Å². The maximum absolute atomic E-state index is 12.0. The largest absolute Gasteiger partial charge is 0.480 e. The number of carboxylic acids is 1. The topological polar surface area (TPSA) is 78.4 Å². The van der Waals surface area contributed by atoms with E-state index in [1.54, 1.807) is 0 Å². The first-order valence-corrected chi connectivity index (χ1v) is 7.70. The average Bonchev–Trinajstić information content (AvgIpc) is 2.75. The Balaban J connectivity index is 2.52. The number of carbonyl (C=O) groups is 2. The van der Waals surface area contributed by atoms with E-state index in [9.17, 15) is 14.7 Å². The number of hydrogen-bond acceptors (Lipinski definition) is 2. The van der Waals surface area contributed by atoms with Crippen molar-refractivity contribution in [3.05, 3.63) is 0 Å². The third-order valence-electron chi connectivity index (χ3n) is 4.83. The zero-order valence-electron chi connectivity index (χ0n) is 13.0. The van der Waals surface area contributed by atoms with Gasteiger partial charge in [0.05, 0.1) is 0 Å². The molecular weight excluding hydrogens is 256 g/mol. The molecule has 20 heavy (non-hydrogen) atoms. The van der Waals surface area contributed by atoms with Crippen LogP contribution in [-0.2, 0) is 4.79 Å². The van der Waals surface area contributed by atoms with Crippen LogP contribution in [0.2, 0.25) is 0 Å². The van der Waals surface area contributed by atoms with E-state index in [1.807, 2.05) is 13.8 Å². The van der Waals surface area contributed by atoms with Crippen molar-refractivity contribution in [2.75, 3.05) is 0 Å². The van der Waals surface area contributed by atoms with E-state index in [4.69, 9.17) is 0 Å². The van der Waals surface area contributed by atoms with E-state index in [1.165, 1.54) is 0 Å². The van der Waals surface area contributed by atoms with E-state index >= 15 is 0 Å². The summed E-state index contributed by atoms with van der Waals surface area (Å²) in [4.78, 5) is 23.2. The molecule has 3 N–H and O–H groups in total. The molecule has 0 aromatic rings. The zero-order valence-corrected chi connectivity index (χ0v) is 13.0. The highest BCUT2D eigenvalue weighted by Crippen LogP contribution is 2.33. The first kappa shape index (κ1) is 16.8. The highest BCUT2D eigenvalue weighted by atomic mass is 16.4. The van der Waals surface area contributed by atoms with Gasteiger partial charge in [0.15, 0.2) is 0 Å². The number of aliphatic carboxylic acids is 1. The fourth-order valence-corrected chi connectivity index (χ4v) is 3.06. The molecule has 1 aliphatic carbocycles. The van der Waals surface area contributed by atoms with E-state index in [0.29, 0.717) is 11.8 Å². The molecule has 1 saturated carbocycles. The van der Waals surface area contributed by atoms with Crippen LogP contribution in [0.5, 0.6) is 0 Å². The first-order chi connectivity index (χ1) is 9.40. The average molecular weight is 284 g/mol. The third-order valence-corrected chi connectivity index (χ3v) is 4.83. The second-order valence-corrected chi connectivity index (χ2v) is 6.03. The lowest BCUT2D eigenvalue weighted by Gasteiger charge is -2.24. The summed E-state index contributed by atoms with van der Waals surface area (Å²) in [7, 11) is 0. The van der Waals surface area contributed by atoms with E-state index in [2.05, 4.69) is 24.5 Å². The van der Waals surface area contributed by atoms with Gasteiger partial charge in [-0.3, -0.25) is 0 Å². The summed E-state index contributed by atoms with van der Waals surface area (Å²) in [5.41, 5.74) is 0. The third kappa shape index (κ3) is 4.12. The van der Waals surface area contributed by atoms with Crippen LogP contribution < -0.4 is 10.6 Å². The Bertz CT molecular complexity index is 346. The van der Waals surface area contributed by atoms with Gasteiger partial charge in [-0.2, -0.15) is 0 Å². The van der Waals surface area contributed by atoms with Gasteiger partial charge in [-0.1, -0.05) is 40.5 Å². The number of amides is 2. The maximum atomic E-state index is 12.0. The Morgan fingerprint density at radius 3 is 2.40 bits per heavy atom. The van der Waals surface area contributed by atoms with Gasteiger partial charge in [-0.25, -0.2) is 9.59 Å². The van der Waals surface area contributed by atoms with Gasteiger partial charge < -0.3 is 15.7 Å². The van der Waals surface area contributed by atoms with Crippen molar-refractivity contribution in [2.24, 2.45) is 17.8 Å². The number of urea groups is 1. The minimum atomic E-state index is -0.972. The molecule has 3 unspecified atom stereocenters. The molecule has 0 saturated heterocycles. The standard InChI is InChI=1S/C15H28N2O3/c1-5-9(3)13(14(18)19)17-15(20)16-12-8-7-11(6-2)10(12)4/h9-13H,5-8H2,1-4H3,(H,18,19)(H2,16,17,20)/t9-,10?,11?,12?,13-/m0/s1. The van der Waals surface area contributed by atoms with Crippen molar-refractivity contribution in [2.45, 2.75) is 65.5 Å². The van der Waals surface area contributed by atoms with Crippen molar-refractivity contribution in [3.8, 4) is 0 Å². The predicted octanol–water partition coefficient (Wildman–Crippen LogP) is 2.61. The Labute approximate surface area is 121 Å². The second-order valence-electron chi connectivity index (χ2n) is 6.03. The van der Waals surface area contributed by atoms with Crippen LogP contribution in [0.25, 0.3) is 0 Å². The molecule has 0 aromatic carbocycles. The molecule has 0 spiro atoms. The highest BCUT2D eigenvalue weighted by molar-refractivity contribution is 5.82. The lowest BCUT2D eigenvalue weighted by atomic mass is 9.93. The summed E-state index contributed by atoms with van der Waals surface area (Å²) in [5, 5.41) is 14.7. The lowest BCUT2D eigenvalue weighted by Crippen LogP contribution is -2.52. The van der Waals surface area contributed by atoms with Crippen LogP contribution in [0, 0.1) is 17.8 Å². The summed E-state index contributed by atoms with van der Waals surface area (Å²) in [6, 6.07) is -1.02. The molecule has 0 heterocycles. The van der Waals surface area contributed by atoms with Gasteiger partial charge in [0.2, 0.25) is 0 Å². The Morgan fingerprint density at radius 2 is 1.95 bits per heavy atom. The SMILES string of the molecule is CCC1CCC(NC(=O)N[C@H](C(=O)O)[C@@H](C)CC)C1C. The number of rotatable bonds is 6. The molecule has 0 aliphatic heterocycles. The summed E-state index contributed by atoms with van der Waals surface area (Å²) < 4.78 is 0. The molecule has 1 aliphatic rings. The minimum Gasteiger partial charge on any atom is -0.480 e.